The SMILES string of the molecule is COC(=O)c1cc(S(N)(=O)=O)ccc1NCCCn1c(C)nc2ccccc21. The zero-order chi connectivity index (χ0) is 20.3. The summed E-state index contributed by atoms with van der Waals surface area (Å²) in [5, 5.41) is 8.31. The van der Waals surface area contributed by atoms with Crippen molar-refractivity contribution in [1.29, 1.82) is 0 Å². The molecule has 0 aliphatic rings. The van der Waals surface area contributed by atoms with Gasteiger partial charge in [0.2, 0.25) is 10.0 Å². The van der Waals surface area contributed by atoms with Gasteiger partial charge in [0.15, 0.2) is 0 Å². The smallest absolute Gasteiger partial charge is 0.340 e. The number of benzene rings is 2. The zero-order valence-corrected chi connectivity index (χ0v) is 16.5. The van der Waals surface area contributed by atoms with Crippen LogP contribution in [0.5, 0.6) is 0 Å². The number of primary sulfonamides is 1. The quantitative estimate of drug-likeness (QED) is 0.463. The number of aryl methyl sites for hydroxylation is 2. The van der Waals surface area contributed by atoms with E-state index in [1.807, 2.05) is 31.2 Å². The summed E-state index contributed by atoms with van der Waals surface area (Å²) in [5.41, 5.74) is 2.65. The van der Waals surface area contributed by atoms with Gasteiger partial charge in [-0.2, -0.15) is 0 Å². The number of fused-ring (bicyclic) bond motifs is 1. The number of para-hydroxylation sites is 2. The average molecular weight is 402 g/mol. The van der Waals surface area contributed by atoms with Crippen LogP contribution in [-0.4, -0.2) is 37.6 Å². The fourth-order valence-corrected chi connectivity index (χ4v) is 3.61. The van der Waals surface area contributed by atoms with Crippen LogP contribution in [0.4, 0.5) is 5.69 Å². The number of carbonyl (C=O) groups is 1. The number of nitrogens with two attached hydrogens (primary N) is 1. The van der Waals surface area contributed by atoms with Crippen molar-refractivity contribution in [2.24, 2.45) is 5.14 Å². The molecule has 9 heteroatoms. The number of nitrogens with zero attached hydrogens (tertiary/aromatic N) is 2. The van der Waals surface area contributed by atoms with Crippen LogP contribution in [0.3, 0.4) is 0 Å². The molecule has 8 nitrogen and oxygen atoms in total. The van der Waals surface area contributed by atoms with Crippen LogP contribution < -0.4 is 10.5 Å². The molecule has 0 fully saturated rings. The predicted molar refractivity (Wildman–Crippen MR) is 107 cm³/mol. The van der Waals surface area contributed by atoms with Gasteiger partial charge >= 0.3 is 5.97 Å². The standard InChI is InChI=1S/C19H22N4O4S/c1-13-22-17-6-3-4-7-18(17)23(13)11-5-10-21-16-9-8-14(28(20,25)26)12-15(16)19(24)27-2/h3-4,6-9,12,21H,5,10-11H2,1-2H3,(H2,20,25,26). The summed E-state index contributed by atoms with van der Waals surface area (Å²) in [5.74, 6) is 0.304. The zero-order valence-electron chi connectivity index (χ0n) is 15.7. The molecule has 3 aromatic rings. The van der Waals surface area contributed by atoms with E-state index in [-0.39, 0.29) is 10.5 Å². The summed E-state index contributed by atoms with van der Waals surface area (Å²) >= 11 is 0. The van der Waals surface area contributed by atoms with Crippen molar-refractivity contribution in [3.8, 4) is 0 Å². The number of nitrogens with one attached hydrogen (secondary N) is 1. The third-order valence-electron chi connectivity index (χ3n) is 4.44. The maximum Gasteiger partial charge on any atom is 0.340 e. The Bertz CT molecular complexity index is 1120. The highest BCUT2D eigenvalue weighted by Crippen LogP contribution is 2.21. The van der Waals surface area contributed by atoms with Gasteiger partial charge in [-0.15, -0.1) is 0 Å². The van der Waals surface area contributed by atoms with E-state index < -0.39 is 16.0 Å². The van der Waals surface area contributed by atoms with E-state index >= 15 is 0 Å². The van der Waals surface area contributed by atoms with Crippen molar-refractivity contribution in [2.75, 3.05) is 19.0 Å². The van der Waals surface area contributed by atoms with Crippen LogP contribution in [0.15, 0.2) is 47.4 Å². The van der Waals surface area contributed by atoms with Gasteiger partial charge < -0.3 is 14.6 Å². The largest absolute Gasteiger partial charge is 0.465 e. The summed E-state index contributed by atoms with van der Waals surface area (Å²) < 4.78 is 30.0. The molecule has 1 heterocycles. The molecule has 3 rings (SSSR count). The molecule has 0 spiro atoms. The topological polar surface area (TPSA) is 116 Å². The van der Waals surface area contributed by atoms with Crippen LogP contribution in [0.1, 0.15) is 22.6 Å². The third-order valence-corrected chi connectivity index (χ3v) is 5.36. The van der Waals surface area contributed by atoms with Crippen molar-refractivity contribution < 1.29 is 17.9 Å². The molecule has 0 aliphatic carbocycles. The molecular weight excluding hydrogens is 380 g/mol. The minimum absolute atomic E-state index is 0.123. The molecule has 148 valence electrons. The van der Waals surface area contributed by atoms with Gasteiger partial charge in [0.05, 0.1) is 28.6 Å². The maximum absolute atomic E-state index is 12.0. The second-order valence-corrected chi connectivity index (χ2v) is 7.89. The minimum Gasteiger partial charge on any atom is -0.465 e. The van der Waals surface area contributed by atoms with Crippen LogP contribution in [0.2, 0.25) is 0 Å². The predicted octanol–water partition coefficient (Wildman–Crippen LogP) is 2.28. The lowest BCUT2D eigenvalue weighted by Gasteiger charge is -2.13. The van der Waals surface area contributed by atoms with E-state index in [1.165, 1.54) is 25.3 Å². The van der Waals surface area contributed by atoms with Crippen LogP contribution in [-0.2, 0) is 21.3 Å². The van der Waals surface area contributed by atoms with Gasteiger partial charge in [-0.1, -0.05) is 12.1 Å². The second-order valence-electron chi connectivity index (χ2n) is 6.32. The number of methoxy groups -OCH3 is 1. The first-order valence-electron chi connectivity index (χ1n) is 8.72. The van der Waals surface area contributed by atoms with Gasteiger partial charge in [-0.3, -0.25) is 0 Å². The Hall–Kier alpha value is -2.91. The second kappa shape index (κ2) is 7.99. The van der Waals surface area contributed by atoms with Gasteiger partial charge in [0, 0.05) is 18.8 Å². The molecule has 3 N–H and O–H groups in total. The number of hydrogen-bond donors (Lipinski definition) is 2. The number of imidazole rings is 1. The fraction of sp³-hybridized carbons (Fsp3) is 0.263. The molecule has 0 unspecified atom stereocenters. The lowest BCUT2D eigenvalue weighted by molar-refractivity contribution is 0.0601. The maximum atomic E-state index is 12.0. The highest BCUT2D eigenvalue weighted by molar-refractivity contribution is 7.89. The van der Waals surface area contributed by atoms with E-state index in [2.05, 4.69) is 14.9 Å². The van der Waals surface area contributed by atoms with Gasteiger partial charge in [-0.25, -0.2) is 23.3 Å². The normalized spacial score (nSPS) is 11.5. The van der Waals surface area contributed by atoms with E-state index in [0.717, 1.165) is 29.8 Å². The molecule has 2 aromatic carbocycles. The van der Waals surface area contributed by atoms with Crippen molar-refractivity contribution >= 4 is 32.7 Å². The van der Waals surface area contributed by atoms with Gasteiger partial charge in [-0.05, 0) is 43.7 Å². The summed E-state index contributed by atoms with van der Waals surface area (Å²) in [7, 11) is -2.67. The van der Waals surface area contributed by atoms with Crippen LogP contribution in [0.25, 0.3) is 11.0 Å². The fourth-order valence-electron chi connectivity index (χ4n) is 3.07. The third kappa shape index (κ3) is 4.15. The molecule has 0 saturated heterocycles. The Morgan fingerprint density at radius 3 is 2.71 bits per heavy atom. The molecule has 0 saturated carbocycles. The van der Waals surface area contributed by atoms with Crippen LogP contribution >= 0.6 is 0 Å². The molecule has 0 aliphatic heterocycles. The van der Waals surface area contributed by atoms with Crippen molar-refractivity contribution in [3.63, 3.8) is 0 Å². The molecule has 0 radical (unpaired) electrons. The molecule has 1 aromatic heterocycles. The first kappa shape index (κ1) is 19.8. The Morgan fingerprint density at radius 1 is 1.25 bits per heavy atom. The summed E-state index contributed by atoms with van der Waals surface area (Å²) in [6.07, 6.45) is 0.777. The lowest BCUT2D eigenvalue weighted by atomic mass is 10.1. The minimum atomic E-state index is -3.91. The molecule has 28 heavy (non-hydrogen) atoms. The van der Waals surface area contributed by atoms with Crippen molar-refractivity contribution in [2.45, 2.75) is 24.8 Å². The van der Waals surface area contributed by atoms with E-state index in [9.17, 15) is 13.2 Å². The van der Waals surface area contributed by atoms with Crippen LogP contribution in [0, 0.1) is 6.92 Å². The number of rotatable bonds is 7. The summed E-state index contributed by atoms with van der Waals surface area (Å²) in [6.45, 7) is 3.29. The number of hydrogen-bond acceptors (Lipinski definition) is 6. The number of carbonyl (C=O) groups excluding carboxylic acids is 1. The Labute approximate surface area is 163 Å². The lowest BCUT2D eigenvalue weighted by Crippen LogP contribution is -2.15. The van der Waals surface area contributed by atoms with E-state index in [0.29, 0.717) is 12.2 Å². The molecule has 0 atom stereocenters. The Morgan fingerprint density at radius 2 is 2.00 bits per heavy atom. The van der Waals surface area contributed by atoms with Gasteiger partial charge in [0.25, 0.3) is 0 Å². The highest BCUT2D eigenvalue weighted by atomic mass is 32.2. The summed E-state index contributed by atoms with van der Waals surface area (Å²) in [4.78, 5) is 16.4. The average Bonchev–Trinajstić information content (AvgIpc) is 2.99. The summed E-state index contributed by atoms with van der Waals surface area (Å²) in [6, 6.07) is 12.0. The number of esters is 1. The van der Waals surface area contributed by atoms with Crippen molar-refractivity contribution in [1.82, 2.24) is 9.55 Å². The Kier molecular flexibility index (Phi) is 5.66. The number of sulfonamides is 1. The molecule has 0 bridgehead atoms. The number of ether oxygens (including phenoxy) is 1. The monoisotopic (exact) mass is 402 g/mol. The molecule has 0 amide bonds. The number of aromatic nitrogens is 2. The van der Waals surface area contributed by atoms with Crippen molar-refractivity contribution in [3.05, 3.63) is 53.9 Å². The molecular formula is C19H22N4O4S. The highest BCUT2D eigenvalue weighted by Gasteiger charge is 2.17. The van der Waals surface area contributed by atoms with Gasteiger partial charge in [0.1, 0.15) is 5.82 Å². The first-order chi connectivity index (χ1) is 13.3. The first-order valence-corrected chi connectivity index (χ1v) is 10.3. The Balaban J connectivity index is 1.72. The van der Waals surface area contributed by atoms with E-state index in [4.69, 9.17) is 9.88 Å². The number of anilines is 1. The van der Waals surface area contributed by atoms with E-state index in [1.54, 1.807) is 0 Å².